The molecule has 0 spiro atoms. The molecule has 9 nitrogen and oxygen atoms in total. The Labute approximate surface area is 232 Å². The van der Waals surface area contributed by atoms with Crippen molar-refractivity contribution >= 4 is 32.0 Å². The van der Waals surface area contributed by atoms with Crippen molar-refractivity contribution in [1.29, 1.82) is 0 Å². The van der Waals surface area contributed by atoms with E-state index >= 15 is 0 Å². The van der Waals surface area contributed by atoms with Gasteiger partial charge in [-0.15, -0.1) is 0 Å². The van der Waals surface area contributed by atoms with E-state index in [1.807, 2.05) is 6.92 Å². The third kappa shape index (κ3) is 5.94. The van der Waals surface area contributed by atoms with Gasteiger partial charge in [-0.1, -0.05) is 19.1 Å². The standard InChI is InChI=1S/C24H28F6O9S2/c1-4-21(2,3)20(32)38-19-12-14-10-15(19)11-17(14)18(31)9-13-5-7-16(8-6-13)39-41(36,37)24(29,30)22(25,26)23(27,28)40(33,34)35/h5-8,14-15,17,19H,4,9-12H2,1-3H3,(H,33,34,35). The van der Waals surface area contributed by atoms with Crippen LogP contribution in [0.25, 0.3) is 0 Å². The molecule has 2 aliphatic rings. The number of carbonyl (C=O) groups is 2. The van der Waals surface area contributed by atoms with Crippen molar-refractivity contribution in [3.8, 4) is 5.75 Å². The lowest BCUT2D eigenvalue weighted by molar-refractivity contribution is -0.247. The molecule has 2 aliphatic carbocycles. The first-order valence-corrected chi connectivity index (χ1v) is 15.2. The molecular formula is C24H28F6O9S2. The fourth-order valence-corrected chi connectivity index (χ4v) is 6.29. The summed E-state index contributed by atoms with van der Waals surface area (Å²) in [6.45, 7) is 5.44. The van der Waals surface area contributed by atoms with Crippen LogP contribution in [0.5, 0.6) is 5.75 Å². The van der Waals surface area contributed by atoms with Crippen LogP contribution in [0.1, 0.15) is 52.0 Å². The summed E-state index contributed by atoms with van der Waals surface area (Å²) in [5, 5.41) is -13.7. The molecule has 0 aromatic heterocycles. The summed E-state index contributed by atoms with van der Waals surface area (Å²) in [6.07, 6.45) is 1.85. The summed E-state index contributed by atoms with van der Waals surface area (Å²) < 4.78 is 144. The number of Topliss-reactive ketones (excluding diaryl/α,β-unsaturated/α-hetero) is 1. The van der Waals surface area contributed by atoms with E-state index < -0.39 is 47.8 Å². The zero-order valence-corrected chi connectivity index (χ0v) is 23.6. The Morgan fingerprint density at radius 3 is 1.93 bits per heavy atom. The summed E-state index contributed by atoms with van der Waals surface area (Å²) in [5.74, 6) is -8.98. The van der Waals surface area contributed by atoms with Crippen LogP contribution in [0.2, 0.25) is 0 Å². The minimum absolute atomic E-state index is 0.0135. The molecule has 4 unspecified atom stereocenters. The van der Waals surface area contributed by atoms with Gasteiger partial charge in [0.1, 0.15) is 17.6 Å². The molecule has 1 N–H and O–H groups in total. The first-order valence-electron chi connectivity index (χ1n) is 12.4. The molecule has 1 aromatic carbocycles. The van der Waals surface area contributed by atoms with E-state index in [9.17, 15) is 52.8 Å². The molecule has 0 saturated heterocycles. The van der Waals surface area contributed by atoms with Crippen LogP contribution in [0, 0.1) is 23.2 Å². The topological polar surface area (TPSA) is 141 Å². The van der Waals surface area contributed by atoms with Crippen LogP contribution in [-0.2, 0) is 41.0 Å². The maximum atomic E-state index is 14.0. The van der Waals surface area contributed by atoms with E-state index in [1.54, 1.807) is 13.8 Å². The lowest BCUT2D eigenvalue weighted by Crippen LogP contribution is -2.61. The second-order valence-corrected chi connectivity index (χ2v) is 14.0. The highest BCUT2D eigenvalue weighted by Crippen LogP contribution is 2.52. The van der Waals surface area contributed by atoms with E-state index in [-0.39, 0.29) is 47.6 Å². The van der Waals surface area contributed by atoms with Crippen molar-refractivity contribution in [3.63, 3.8) is 0 Å². The maximum absolute atomic E-state index is 14.0. The van der Waals surface area contributed by atoms with Gasteiger partial charge in [0.25, 0.3) is 0 Å². The molecule has 0 amide bonds. The van der Waals surface area contributed by atoms with E-state index in [1.165, 1.54) is 0 Å². The number of alkyl halides is 6. The molecule has 0 aliphatic heterocycles. The number of rotatable bonds is 12. The first-order chi connectivity index (χ1) is 18.5. The van der Waals surface area contributed by atoms with Gasteiger partial charge in [0.05, 0.1) is 5.41 Å². The number of hydrogen-bond donors (Lipinski definition) is 1. The van der Waals surface area contributed by atoms with Crippen LogP contribution in [-0.4, -0.2) is 55.7 Å². The molecule has 2 bridgehead atoms. The number of hydrogen-bond acceptors (Lipinski definition) is 8. The first kappa shape index (κ1) is 33.1. The van der Waals surface area contributed by atoms with E-state index in [0.29, 0.717) is 37.8 Å². The number of ether oxygens (including phenoxy) is 1. The highest BCUT2D eigenvalue weighted by atomic mass is 32.2. The van der Waals surface area contributed by atoms with Crippen LogP contribution in [0.3, 0.4) is 0 Å². The third-order valence-electron chi connectivity index (χ3n) is 7.78. The predicted molar refractivity (Wildman–Crippen MR) is 129 cm³/mol. The molecule has 2 fully saturated rings. The minimum atomic E-state index is -7.16. The lowest BCUT2D eigenvalue weighted by Gasteiger charge is -2.30. The predicted octanol–water partition coefficient (Wildman–Crippen LogP) is 4.61. The second-order valence-electron chi connectivity index (χ2n) is 10.9. The number of esters is 1. The Bertz CT molecular complexity index is 1390. The van der Waals surface area contributed by atoms with Gasteiger partial charge in [-0.05, 0) is 69.1 Å². The Balaban J connectivity index is 1.63. The van der Waals surface area contributed by atoms with Gasteiger partial charge in [0.2, 0.25) is 0 Å². The Morgan fingerprint density at radius 1 is 0.902 bits per heavy atom. The van der Waals surface area contributed by atoms with Gasteiger partial charge >= 0.3 is 42.6 Å². The van der Waals surface area contributed by atoms with Crippen molar-refractivity contribution < 1.29 is 66.2 Å². The lowest BCUT2D eigenvalue weighted by atomic mass is 9.82. The molecule has 232 valence electrons. The van der Waals surface area contributed by atoms with Gasteiger partial charge in [-0.25, -0.2) is 0 Å². The monoisotopic (exact) mass is 638 g/mol. The highest BCUT2D eigenvalue weighted by molar-refractivity contribution is 7.88. The fraction of sp³-hybridized carbons (Fsp3) is 0.667. The number of benzene rings is 1. The largest absolute Gasteiger partial charge is 0.462 e. The second kappa shape index (κ2) is 10.7. The molecule has 1 aromatic rings. The summed E-state index contributed by atoms with van der Waals surface area (Å²) >= 11 is 0. The third-order valence-corrected chi connectivity index (χ3v) is 9.98. The molecule has 4 atom stereocenters. The van der Waals surface area contributed by atoms with Gasteiger partial charge < -0.3 is 8.92 Å². The van der Waals surface area contributed by atoms with Crippen molar-refractivity contribution in [2.45, 2.75) is 75.4 Å². The van der Waals surface area contributed by atoms with E-state index in [4.69, 9.17) is 9.29 Å². The fourth-order valence-electron chi connectivity index (χ4n) is 4.87. The maximum Gasteiger partial charge on any atom is 0.450 e. The van der Waals surface area contributed by atoms with Crippen LogP contribution < -0.4 is 4.18 Å². The number of halogens is 6. The smallest absolute Gasteiger partial charge is 0.450 e. The van der Waals surface area contributed by atoms with Crippen LogP contribution in [0.4, 0.5) is 26.3 Å². The number of ketones is 1. The summed E-state index contributed by atoms with van der Waals surface area (Å²) in [4.78, 5) is 25.3. The zero-order chi connectivity index (χ0) is 31.4. The van der Waals surface area contributed by atoms with Crippen molar-refractivity contribution in [1.82, 2.24) is 0 Å². The quantitative estimate of drug-likeness (QED) is 0.150. The van der Waals surface area contributed by atoms with Crippen molar-refractivity contribution in [2.24, 2.45) is 23.2 Å². The van der Waals surface area contributed by atoms with Gasteiger partial charge in [0.15, 0.2) is 0 Å². The Hall–Kier alpha value is -2.40. The number of carbonyl (C=O) groups excluding carboxylic acids is 2. The molecule has 17 heteroatoms. The van der Waals surface area contributed by atoms with Crippen molar-refractivity contribution in [3.05, 3.63) is 29.8 Å². The summed E-state index contributed by atoms with van der Waals surface area (Å²) in [7, 11) is -14.1. The van der Waals surface area contributed by atoms with Gasteiger partial charge in [-0.3, -0.25) is 14.1 Å². The average Bonchev–Trinajstić information content (AvgIpc) is 3.44. The SMILES string of the molecule is CCC(C)(C)C(=O)OC1CC2CC1CC2C(=O)Cc1ccc(OS(=O)(=O)C(F)(F)C(F)(F)C(F)(F)S(=O)(=O)O)cc1. The molecule has 0 radical (unpaired) electrons. The molecule has 2 saturated carbocycles. The normalized spacial score (nSPS) is 23.9. The Kier molecular flexibility index (Phi) is 8.64. The summed E-state index contributed by atoms with van der Waals surface area (Å²) in [5.41, 5.74) is -0.362. The molecule has 3 rings (SSSR count). The van der Waals surface area contributed by atoms with Gasteiger partial charge in [0, 0.05) is 12.3 Å². The zero-order valence-electron chi connectivity index (χ0n) is 22.0. The Morgan fingerprint density at radius 2 is 1.46 bits per heavy atom. The highest BCUT2D eigenvalue weighted by Gasteiger charge is 2.83. The number of fused-ring (bicyclic) bond motifs is 2. The minimum Gasteiger partial charge on any atom is -0.462 e. The van der Waals surface area contributed by atoms with Gasteiger partial charge in [-0.2, -0.15) is 43.2 Å². The van der Waals surface area contributed by atoms with E-state index in [0.717, 1.165) is 12.1 Å². The summed E-state index contributed by atoms with van der Waals surface area (Å²) in [6, 6.07) is 3.55. The van der Waals surface area contributed by atoms with Crippen molar-refractivity contribution in [2.75, 3.05) is 0 Å². The van der Waals surface area contributed by atoms with Crippen LogP contribution in [0.15, 0.2) is 24.3 Å². The molecular weight excluding hydrogens is 610 g/mol. The van der Waals surface area contributed by atoms with E-state index in [2.05, 4.69) is 4.18 Å². The van der Waals surface area contributed by atoms with Crippen LogP contribution >= 0.6 is 0 Å². The average molecular weight is 639 g/mol. The molecule has 41 heavy (non-hydrogen) atoms. The molecule has 0 heterocycles.